The van der Waals surface area contributed by atoms with Crippen molar-refractivity contribution < 1.29 is 23.5 Å². The predicted molar refractivity (Wildman–Crippen MR) is 143 cm³/mol. The van der Waals surface area contributed by atoms with Gasteiger partial charge in [-0.25, -0.2) is 4.79 Å². The Morgan fingerprint density at radius 1 is 0.919 bits per heavy atom. The summed E-state index contributed by atoms with van der Waals surface area (Å²) >= 11 is 0. The molecule has 3 aromatic rings. The zero-order chi connectivity index (χ0) is 26.8. The van der Waals surface area contributed by atoms with Crippen molar-refractivity contribution in [3.63, 3.8) is 0 Å². The summed E-state index contributed by atoms with van der Waals surface area (Å²) in [6.45, 7) is 6.84. The van der Waals surface area contributed by atoms with E-state index in [1.54, 1.807) is 36.3 Å². The molecule has 0 fully saturated rings. The summed E-state index contributed by atoms with van der Waals surface area (Å²) in [4.78, 5) is 30.0. The zero-order valence-corrected chi connectivity index (χ0v) is 22.3. The van der Waals surface area contributed by atoms with Crippen molar-refractivity contribution in [1.29, 1.82) is 0 Å². The molecule has 0 spiro atoms. The number of furan rings is 1. The normalized spacial score (nSPS) is 11.1. The number of ether oxygens (including phenoxy) is 2. The SMILES string of the molecule is COc1ccc(CCN(Cc2ccco2)C(=O)CN(C(=O)NCc2ccccc2)C(C)(C)C)cc1OC. The molecule has 0 aliphatic heterocycles. The third-order valence-corrected chi connectivity index (χ3v) is 6.03. The van der Waals surface area contributed by atoms with E-state index in [1.807, 2.05) is 75.4 Å². The number of rotatable bonds is 11. The minimum Gasteiger partial charge on any atom is -0.493 e. The first-order chi connectivity index (χ1) is 17.7. The van der Waals surface area contributed by atoms with E-state index in [-0.39, 0.29) is 18.5 Å². The highest BCUT2D eigenvalue weighted by atomic mass is 16.5. The van der Waals surface area contributed by atoms with Crippen molar-refractivity contribution in [2.75, 3.05) is 27.3 Å². The second-order valence-corrected chi connectivity index (χ2v) is 9.74. The van der Waals surface area contributed by atoms with Crippen LogP contribution in [0.1, 0.15) is 37.7 Å². The van der Waals surface area contributed by atoms with E-state index in [4.69, 9.17) is 13.9 Å². The third kappa shape index (κ3) is 8.03. The monoisotopic (exact) mass is 507 g/mol. The van der Waals surface area contributed by atoms with Crippen LogP contribution < -0.4 is 14.8 Å². The molecule has 198 valence electrons. The lowest BCUT2D eigenvalue weighted by Gasteiger charge is -2.36. The van der Waals surface area contributed by atoms with Crippen LogP contribution >= 0.6 is 0 Å². The molecule has 1 aromatic heterocycles. The highest BCUT2D eigenvalue weighted by Crippen LogP contribution is 2.28. The standard InChI is InChI=1S/C29H37N3O5/c1-29(2,3)32(28(34)30-19-23-10-7-6-8-11-23)21-27(33)31(20-24-12-9-17-37-24)16-15-22-13-14-25(35-4)26(18-22)36-5/h6-14,17-18H,15-16,19-21H2,1-5H3,(H,30,34). The average Bonchev–Trinajstić information content (AvgIpc) is 3.41. The van der Waals surface area contributed by atoms with Gasteiger partial charge in [-0.1, -0.05) is 36.4 Å². The van der Waals surface area contributed by atoms with Crippen LogP contribution in [0.3, 0.4) is 0 Å². The van der Waals surface area contributed by atoms with Crippen molar-refractivity contribution in [3.8, 4) is 11.5 Å². The molecule has 0 saturated carbocycles. The second kappa shape index (κ2) is 12.9. The minimum atomic E-state index is -0.559. The van der Waals surface area contributed by atoms with Gasteiger partial charge in [-0.3, -0.25) is 4.79 Å². The first-order valence-electron chi connectivity index (χ1n) is 12.3. The Hall–Kier alpha value is -3.94. The molecule has 8 heteroatoms. The Balaban J connectivity index is 1.72. The summed E-state index contributed by atoms with van der Waals surface area (Å²) in [5.41, 5.74) is 1.43. The predicted octanol–water partition coefficient (Wildman–Crippen LogP) is 4.88. The molecule has 0 aliphatic rings. The molecule has 37 heavy (non-hydrogen) atoms. The van der Waals surface area contributed by atoms with E-state index in [2.05, 4.69) is 5.32 Å². The van der Waals surface area contributed by atoms with Crippen LogP contribution in [0.15, 0.2) is 71.3 Å². The number of nitrogens with zero attached hydrogens (tertiary/aromatic N) is 2. The smallest absolute Gasteiger partial charge is 0.318 e. The molecule has 1 N–H and O–H groups in total. The van der Waals surface area contributed by atoms with Crippen LogP contribution in [0.4, 0.5) is 4.79 Å². The maximum Gasteiger partial charge on any atom is 0.318 e. The summed E-state index contributed by atoms with van der Waals surface area (Å²) in [5.74, 6) is 1.80. The number of hydrogen-bond acceptors (Lipinski definition) is 5. The fourth-order valence-electron chi connectivity index (χ4n) is 3.90. The topological polar surface area (TPSA) is 84.2 Å². The summed E-state index contributed by atoms with van der Waals surface area (Å²) < 4.78 is 16.3. The Kier molecular flexibility index (Phi) is 9.60. The van der Waals surface area contributed by atoms with Gasteiger partial charge in [0, 0.05) is 18.6 Å². The Morgan fingerprint density at radius 3 is 2.27 bits per heavy atom. The molecule has 8 nitrogen and oxygen atoms in total. The number of carbonyl (C=O) groups excluding carboxylic acids is 2. The van der Waals surface area contributed by atoms with E-state index in [1.165, 1.54) is 0 Å². The van der Waals surface area contributed by atoms with Gasteiger partial charge in [0.1, 0.15) is 12.3 Å². The second-order valence-electron chi connectivity index (χ2n) is 9.74. The third-order valence-electron chi connectivity index (χ3n) is 6.03. The molecule has 0 saturated heterocycles. The molecular weight excluding hydrogens is 470 g/mol. The molecule has 0 unspecified atom stereocenters. The van der Waals surface area contributed by atoms with Crippen molar-refractivity contribution in [2.45, 2.75) is 45.8 Å². The first-order valence-corrected chi connectivity index (χ1v) is 12.3. The molecular formula is C29H37N3O5. The van der Waals surface area contributed by atoms with Gasteiger partial charge in [-0.2, -0.15) is 0 Å². The number of methoxy groups -OCH3 is 2. The highest BCUT2D eigenvalue weighted by molar-refractivity contribution is 5.84. The van der Waals surface area contributed by atoms with Gasteiger partial charge in [0.25, 0.3) is 0 Å². The average molecular weight is 508 g/mol. The summed E-state index contributed by atoms with van der Waals surface area (Å²) in [6.07, 6.45) is 2.19. The minimum absolute atomic E-state index is 0.0588. The van der Waals surface area contributed by atoms with Crippen molar-refractivity contribution in [1.82, 2.24) is 15.1 Å². The van der Waals surface area contributed by atoms with Gasteiger partial charge in [0.15, 0.2) is 11.5 Å². The van der Waals surface area contributed by atoms with E-state index < -0.39 is 5.54 Å². The van der Waals surface area contributed by atoms with Crippen LogP contribution in [0.5, 0.6) is 11.5 Å². The fraction of sp³-hybridized carbons (Fsp3) is 0.379. The number of carbonyl (C=O) groups is 2. The van der Waals surface area contributed by atoms with E-state index in [0.29, 0.717) is 43.3 Å². The molecule has 1 heterocycles. The van der Waals surface area contributed by atoms with Crippen LogP contribution in [-0.4, -0.2) is 54.6 Å². The van der Waals surface area contributed by atoms with Crippen LogP contribution in [-0.2, 0) is 24.3 Å². The maximum atomic E-state index is 13.6. The molecule has 3 rings (SSSR count). The molecule has 3 amide bonds. The van der Waals surface area contributed by atoms with Gasteiger partial charge in [0.05, 0.1) is 27.0 Å². The molecule has 0 radical (unpaired) electrons. The quantitative estimate of drug-likeness (QED) is 0.400. The van der Waals surface area contributed by atoms with Gasteiger partial charge < -0.3 is 29.0 Å². The first kappa shape index (κ1) is 27.6. The number of urea groups is 1. The molecule has 0 aliphatic carbocycles. The van der Waals surface area contributed by atoms with E-state index in [9.17, 15) is 9.59 Å². The number of amides is 3. The number of nitrogens with one attached hydrogen (secondary N) is 1. The summed E-state index contributed by atoms with van der Waals surface area (Å²) in [5, 5.41) is 2.95. The lowest BCUT2D eigenvalue weighted by Crippen LogP contribution is -2.54. The zero-order valence-electron chi connectivity index (χ0n) is 22.3. The van der Waals surface area contributed by atoms with E-state index in [0.717, 1.165) is 11.1 Å². The largest absolute Gasteiger partial charge is 0.493 e. The summed E-state index contributed by atoms with van der Waals surface area (Å²) in [6, 6.07) is 18.7. The lowest BCUT2D eigenvalue weighted by atomic mass is 10.1. The van der Waals surface area contributed by atoms with Crippen LogP contribution in [0.2, 0.25) is 0 Å². The van der Waals surface area contributed by atoms with Crippen molar-refractivity contribution >= 4 is 11.9 Å². The molecule has 0 bridgehead atoms. The van der Waals surface area contributed by atoms with Crippen LogP contribution in [0.25, 0.3) is 0 Å². The van der Waals surface area contributed by atoms with Gasteiger partial charge in [0.2, 0.25) is 5.91 Å². The highest BCUT2D eigenvalue weighted by Gasteiger charge is 2.30. The lowest BCUT2D eigenvalue weighted by molar-refractivity contribution is -0.133. The summed E-state index contributed by atoms with van der Waals surface area (Å²) in [7, 11) is 3.19. The van der Waals surface area contributed by atoms with Crippen molar-refractivity contribution in [2.24, 2.45) is 0 Å². The van der Waals surface area contributed by atoms with Gasteiger partial charge in [-0.15, -0.1) is 0 Å². The Morgan fingerprint density at radius 2 is 1.65 bits per heavy atom. The fourth-order valence-corrected chi connectivity index (χ4v) is 3.90. The molecule has 0 atom stereocenters. The van der Waals surface area contributed by atoms with Crippen LogP contribution in [0, 0.1) is 0 Å². The van der Waals surface area contributed by atoms with E-state index >= 15 is 0 Å². The van der Waals surface area contributed by atoms with Gasteiger partial charge >= 0.3 is 6.03 Å². The van der Waals surface area contributed by atoms with Gasteiger partial charge in [-0.05, 0) is 62.6 Å². The van der Waals surface area contributed by atoms with Crippen molar-refractivity contribution in [3.05, 3.63) is 83.8 Å². The number of benzene rings is 2. The maximum absolute atomic E-state index is 13.6. The Labute approximate surface area is 219 Å². The molecule has 2 aromatic carbocycles. The Bertz CT molecular complexity index is 1140. The number of hydrogen-bond donors (Lipinski definition) is 1.